The monoisotopic (exact) mass is 533 g/mol. The van der Waals surface area contributed by atoms with Crippen LogP contribution in [0.5, 0.6) is 11.5 Å². The van der Waals surface area contributed by atoms with E-state index in [0.29, 0.717) is 23.0 Å². The predicted octanol–water partition coefficient (Wildman–Crippen LogP) is 6.71. The number of rotatable bonds is 6. The Balaban J connectivity index is 1.52. The van der Waals surface area contributed by atoms with Crippen LogP contribution in [0.1, 0.15) is 22.3 Å². The van der Waals surface area contributed by atoms with Gasteiger partial charge < -0.3 is 19.4 Å². The number of aryl methyl sites for hydroxylation is 2. The SMILES string of the molecule is COc1cc(Nc2ncc3c(n2)-c2ccc(-c4cccn4C)cc2C(c2c(F)cccc2OC)=NC3)ccc1C. The molecular formula is C32H28FN5O2. The molecule has 40 heavy (non-hydrogen) atoms. The largest absolute Gasteiger partial charge is 0.496 e. The van der Waals surface area contributed by atoms with Crippen molar-refractivity contribution in [1.29, 1.82) is 0 Å². The highest BCUT2D eigenvalue weighted by Gasteiger charge is 2.26. The molecule has 0 unspecified atom stereocenters. The zero-order chi connectivity index (χ0) is 27.8. The highest BCUT2D eigenvalue weighted by atomic mass is 19.1. The second kappa shape index (κ2) is 10.3. The molecule has 8 heteroatoms. The molecule has 0 saturated heterocycles. The van der Waals surface area contributed by atoms with Crippen LogP contribution in [0, 0.1) is 12.7 Å². The van der Waals surface area contributed by atoms with E-state index < -0.39 is 5.82 Å². The second-order valence-corrected chi connectivity index (χ2v) is 9.62. The highest BCUT2D eigenvalue weighted by molar-refractivity contribution is 6.18. The Kier molecular flexibility index (Phi) is 6.51. The number of aromatic nitrogens is 3. The van der Waals surface area contributed by atoms with E-state index in [-0.39, 0.29) is 6.54 Å². The number of halogens is 1. The van der Waals surface area contributed by atoms with Crippen LogP contribution in [0.2, 0.25) is 0 Å². The summed E-state index contributed by atoms with van der Waals surface area (Å²) in [4.78, 5) is 14.4. The van der Waals surface area contributed by atoms with Crippen LogP contribution in [0.3, 0.4) is 0 Å². The molecule has 0 atom stereocenters. The van der Waals surface area contributed by atoms with E-state index >= 15 is 4.39 Å². The molecule has 7 nitrogen and oxygen atoms in total. The molecule has 200 valence electrons. The summed E-state index contributed by atoms with van der Waals surface area (Å²) in [6.07, 6.45) is 3.77. The smallest absolute Gasteiger partial charge is 0.227 e. The molecule has 0 bridgehead atoms. The molecule has 3 heterocycles. The van der Waals surface area contributed by atoms with Gasteiger partial charge in [0.25, 0.3) is 0 Å². The molecule has 0 aliphatic carbocycles. The van der Waals surface area contributed by atoms with Gasteiger partial charge in [-0.25, -0.2) is 14.4 Å². The topological polar surface area (TPSA) is 73.6 Å². The van der Waals surface area contributed by atoms with E-state index in [1.165, 1.54) is 13.2 Å². The fraction of sp³-hybridized carbons (Fsp3) is 0.156. The van der Waals surface area contributed by atoms with Crippen molar-refractivity contribution >= 4 is 17.3 Å². The second-order valence-electron chi connectivity index (χ2n) is 9.62. The number of nitrogens with one attached hydrogen (secondary N) is 1. The van der Waals surface area contributed by atoms with Crippen molar-refractivity contribution in [1.82, 2.24) is 14.5 Å². The molecule has 6 rings (SSSR count). The molecule has 2 aromatic heterocycles. The Morgan fingerprint density at radius 2 is 1.77 bits per heavy atom. The van der Waals surface area contributed by atoms with E-state index in [1.807, 2.05) is 67.2 Å². The lowest BCUT2D eigenvalue weighted by Crippen LogP contribution is -2.10. The van der Waals surface area contributed by atoms with Gasteiger partial charge >= 0.3 is 0 Å². The normalized spacial score (nSPS) is 12.2. The molecule has 1 aliphatic heterocycles. The minimum absolute atomic E-state index is 0.287. The fourth-order valence-corrected chi connectivity index (χ4v) is 5.08. The van der Waals surface area contributed by atoms with Crippen LogP contribution in [-0.4, -0.2) is 34.5 Å². The first kappa shape index (κ1) is 25.3. The Bertz CT molecular complexity index is 1780. The van der Waals surface area contributed by atoms with Crippen molar-refractivity contribution in [2.75, 3.05) is 19.5 Å². The van der Waals surface area contributed by atoms with Gasteiger partial charge in [-0.2, -0.15) is 0 Å². The molecule has 0 saturated carbocycles. The van der Waals surface area contributed by atoms with Crippen LogP contribution in [-0.2, 0) is 13.6 Å². The highest BCUT2D eigenvalue weighted by Crippen LogP contribution is 2.37. The number of nitrogens with zero attached hydrogens (tertiary/aromatic N) is 4. The van der Waals surface area contributed by atoms with Gasteiger partial charge in [-0.15, -0.1) is 0 Å². The third-order valence-corrected chi connectivity index (χ3v) is 7.14. The lowest BCUT2D eigenvalue weighted by Gasteiger charge is -2.16. The summed E-state index contributed by atoms with van der Waals surface area (Å²) in [6.45, 7) is 2.28. The molecular weight excluding hydrogens is 505 g/mol. The first-order valence-electron chi connectivity index (χ1n) is 12.9. The first-order chi connectivity index (χ1) is 19.5. The molecule has 0 fully saturated rings. The van der Waals surface area contributed by atoms with Gasteiger partial charge in [0.2, 0.25) is 5.95 Å². The summed E-state index contributed by atoms with van der Waals surface area (Å²) in [5.74, 6) is 1.23. The number of anilines is 2. The van der Waals surface area contributed by atoms with E-state index in [4.69, 9.17) is 19.5 Å². The van der Waals surface area contributed by atoms with Crippen molar-refractivity contribution in [2.45, 2.75) is 13.5 Å². The van der Waals surface area contributed by atoms with E-state index in [9.17, 15) is 0 Å². The quantitative estimate of drug-likeness (QED) is 0.263. The number of ether oxygens (including phenoxy) is 2. The van der Waals surface area contributed by atoms with Crippen LogP contribution in [0.15, 0.2) is 84.1 Å². The molecule has 5 aromatic rings. The molecule has 1 N–H and O–H groups in total. The molecule has 0 spiro atoms. The maximum atomic E-state index is 15.4. The molecule has 0 amide bonds. The average Bonchev–Trinajstić information content (AvgIpc) is 3.34. The third-order valence-electron chi connectivity index (χ3n) is 7.14. The van der Waals surface area contributed by atoms with Crippen molar-refractivity contribution in [3.05, 3.63) is 107 Å². The standard InChI is InChI=1S/C32H28FN5O2/c1-19-10-12-22(16-28(19)40-4)36-32-35-18-21-17-34-31(29-25(33)7-5-9-27(29)39-3)24-15-20(26-8-6-14-38(26)2)11-13-23(24)30(21)37-32/h5-16,18H,17H2,1-4H3,(H,35,36,37). The Morgan fingerprint density at radius 1 is 0.925 bits per heavy atom. The lowest BCUT2D eigenvalue weighted by molar-refractivity contribution is 0.410. The minimum atomic E-state index is -0.402. The molecule has 3 aromatic carbocycles. The zero-order valence-corrected chi connectivity index (χ0v) is 22.7. The van der Waals surface area contributed by atoms with E-state index in [2.05, 4.69) is 16.4 Å². The molecule has 0 radical (unpaired) electrons. The average molecular weight is 534 g/mol. The van der Waals surface area contributed by atoms with E-state index in [1.54, 1.807) is 25.4 Å². The van der Waals surface area contributed by atoms with Crippen molar-refractivity contribution in [2.24, 2.45) is 12.0 Å². The number of hydrogen-bond donors (Lipinski definition) is 1. The van der Waals surface area contributed by atoms with Gasteiger partial charge in [-0.1, -0.05) is 24.3 Å². The summed E-state index contributed by atoms with van der Waals surface area (Å²) >= 11 is 0. The maximum absolute atomic E-state index is 15.4. The summed E-state index contributed by atoms with van der Waals surface area (Å²) in [5, 5.41) is 3.30. The van der Waals surface area contributed by atoms with Gasteiger partial charge in [0.05, 0.1) is 37.7 Å². The van der Waals surface area contributed by atoms with Gasteiger partial charge in [0.15, 0.2) is 0 Å². The summed E-state index contributed by atoms with van der Waals surface area (Å²) < 4.78 is 28.5. The number of hydrogen-bond acceptors (Lipinski definition) is 6. The number of methoxy groups -OCH3 is 2. The fourth-order valence-electron chi connectivity index (χ4n) is 5.08. The van der Waals surface area contributed by atoms with Crippen molar-refractivity contribution in [3.8, 4) is 34.0 Å². The Hall–Kier alpha value is -4.98. The predicted molar refractivity (Wildman–Crippen MR) is 155 cm³/mol. The minimum Gasteiger partial charge on any atom is -0.496 e. The van der Waals surface area contributed by atoms with Gasteiger partial charge in [0, 0.05) is 53.6 Å². The van der Waals surface area contributed by atoms with Crippen LogP contribution < -0.4 is 14.8 Å². The molecule has 1 aliphatic rings. The van der Waals surface area contributed by atoms with Crippen LogP contribution in [0.4, 0.5) is 16.0 Å². The Morgan fingerprint density at radius 3 is 2.55 bits per heavy atom. The zero-order valence-electron chi connectivity index (χ0n) is 22.7. The van der Waals surface area contributed by atoms with E-state index in [0.717, 1.165) is 50.6 Å². The Labute approximate surface area is 232 Å². The van der Waals surface area contributed by atoms with Gasteiger partial charge in [-0.3, -0.25) is 4.99 Å². The maximum Gasteiger partial charge on any atom is 0.227 e. The first-order valence-corrected chi connectivity index (χ1v) is 12.9. The third kappa shape index (κ3) is 4.47. The van der Waals surface area contributed by atoms with Crippen molar-refractivity contribution < 1.29 is 13.9 Å². The van der Waals surface area contributed by atoms with Crippen LogP contribution >= 0.6 is 0 Å². The van der Waals surface area contributed by atoms with Gasteiger partial charge in [-0.05, 0) is 54.4 Å². The van der Waals surface area contributed by atoms with Gasteiger partial charge in [0.1, 0.15) is 17.3 Å². The number of aliphatic imine (C=N–C) groups is 1. The summed E-state index contributed by atoms with van der Waals surface area (Å²) in [5.41, 5.74) is 7.86. The number of benzene rings is 3. The number of fused-ring (bicyclic) bond motifs is 3. The van der Waals surface area contributed by atoms with Crippen LogP contribution in [0.25, 0.3) is 22.5 Å². The summed E-state index contributed by atoms with van der Waals surface area (Å²) in [7, 11) is 5.18. The summed E-state index contributed by atoms with van der Waals surface area (Å²) in [6, 6.07) is 20.8. The van der Waals surface area contributed by atoms with Crippen molar-refractivity contribution in [3.63, 3.8) is 0 Å². The lowest BCUT2D eigenvalue weighted by atomic mass is 9.92.